The molecule has 1 heterocycles. The lowest BCUT2D eigenvalue weighted by Crippen LogP contribution is -2.09. The van der Waals surface area contributed by atoms with Crippen LogP contribution in [0.2, 0.25) is 5.02 Å². The zero-order valence-corrected chi connectivity index (χ0v) is 10.1. The van der Waals surface area contributed by atoms with Crippen LogP contribution in [0.1, 0.15) is 34.5 Å². The Morgan fingerprint density at radius 2 is 2.06 bits per heavy atom. The molecule has 0 atom stereocenters. The van der Waals surface area contributed by atoms with Crippen molar-refractivity contribution in [3.05, 3.63) is 40.0 Å². The summed E-state index contributed by atoms with van der Waals surface area (Å²) in [5.74, 6) is 0. The van der Waals surface area contributed by atoms with Gasteiger partial charge >= 0.3 is 0 Å². The molecule has 3 heteroatoms. The van der Waals surface area contributed by atoms with Crippen LogP contribution in [0.4, 0.5) is 0 Å². The van der Waals surface area contributed by atoms with Gasteiger partial charge in [0, 0.05) is 21.7 Å². The van der Waals surface area contributed by atoms with Crippen molar-refractivity contribution in [2.45, 2.75) is 25.7 Å². The van der Waals surface area contributed by atoms with Crippen LogP contribution in [0.5, 0.6) is 0 Å². The van der Waals surface area contributed by atoms with E-state index in [0.717, 1.165) is 59.7 Å². The maximum Gasteiger partial charge on any atom is 0.151 e. The number of rotatable bonds is 1. The van der Waals surface area contributed by atoms with Gasteiger partial charge in [0.2, 0.25) is 0 Å². The monoisotopic (exact) mass is 245 g/mol. The molecule has 1 aromatic carbocycles. The van der Waals surface area contributed by atoms with Crippen molar-refractivity contribution < 1.29 is 4.79 Å². The fourth-order valence-corrected chi connectivity index (χ4v) is 2.74. The lowest BCUT2D eigenvalue weighted by atomic mass is 9.90. The summed E-state index contributed by atoms with van der Waals surface area (Å²) < 4.78 is 0. The van der Waals surface area contributed by atoms with E-state index < -0.39 is 0 Å². The first-order valence-electron chi connectivity index (χ1n) is 5.86. The lowest BCUT2D eigenvalue weighted by Gasteiger charge is -2.18. The average molecular weight is 246 g/mol. The second-order valence-electron chi connectivity index (χ2n) is 4.44. The number of nitrogens with zero attached hydrogens (tertiary/aromatic N) is 1. The molecule has 0 saturated carbocycles. The summed E-state index contributed by atoms with van der Waals surface area (Å²) in [7, 11) is 0. The van der Waals surface area contributed by atoms with E-state index in [0.29, 0.717) is 5.02 Å². The molecule has 2 nitrogen and oxygen atoms in total. The maximum atomic E-state index is 11.3. The number of hydrogen-bond donors (Lipinski definition) is 0. The number of carbonyl (C=O) groups is 1. The van der Waals surface area contributed by atoms with E-state index in [4.69, 9.17) is 11.6 Å². The summed E-state index contributed by atoms with van der Waals surface area (Å²) in [5.41, 5.74) is 3.87. The van der Waals surface area contributed by atoms with Gasteiger partial charge in [-0.25, -0.2) is 0 Å². The highest BCUT2D eigenvalue weighted by Gasteiger charge is 2.17. The van der Waals surface area contributed by atoms with Gasteiger partial charge in [-0.15, -0.1) is 0 Å². The van der Waals surface area contributed by atoms with Gasteiger partial charge in [0.05, 0.1) is 5.52 Å². The van der Waals surface area contributed by atoms with E-state index in [1.165, 1.54) is 0 Å². The van der Waals surface area contributed by atoms with Crippen LogP contribution < -0.4 is 0 Å². The van der Waals surface area contributed by atoms with Gasteiger partial charge in [-0.1, -0.05) is 11.6 Å². The van der Waals surface area contributed by atoms with Crippen molar-refractivity contribution in [2.75, 3.05) is 0 Å². The molecule has 0 N–H and O–H groups in total. The van der Waals surface area contributed by atoms with Crippen LogP contribution in [0.3, 0.4) is 0 Å². The number of pyridine rings is 1. The third kappa shape index (κ3) is 1.73. The highest BCUT2D eigenvalue weighted by atomic mass is 35.5. The van der Waals surface area contributed by atoms with Gasteiger partial charge < -0.3 is 0 Å². The number of halogens is 1. The molecule has 1 aromatic heterocycles. The fourth-order valence-electron chi connectivity index (χ4n) is 2.57. The highest BCUT2D eigenvalue weighted by molar-refractivity contribution is 6.31. The summed E-state index contributed by atoms with van der Waals surface area (Å²) >= 11 is 5.99. The van der Waals surface area contributed by atoms with Crippen LogP contribution in [0, 0.1) is 0 Å². The van der Waals surface area contributed by atoms with Gasteiger partial charge in [-0.05, 0) is 49.4 Å². The molecule has 0 fully saturated rings. The van der Waals surface area contributed by atoms with Crippen molar-refractivity contribution in [1.82, 2.24) is 4.98 Å². The number of aldehydes is 1. The minimum Gasteiger partial charge on any atom is -0.298 e. The molecule has 2 aromatic rings. The summed E-state index contributed by atoms with van der Waals surface area (Å²) in [6, 6.07) is 5.54. The van der Waals surface area contributed by atoms with Crippen molar-refractivity contribution in [2.24, 2.45) is 0 Å². The first-order valence-corrected chi connectivity index (χ1v) is 6.23. The molecule has 17 heavy (non-hydrogen) atoms. The quantitative estimate of drug-likeness (QED) is 0.719. The second-order valence-corrected chi connectivity index (χ2v) is 4.87. The van der Waals surface area contributed by atoms with Crippen LogP contribution >= 0.6 is 11.6 Å². The molecule has 0 spiro atoms. The predicted octanol–water partition coefficient (Wildman–Crippen LogP) is 3.58. The third-order valence-corrected chi connectivity index (χ3v) is 3.62. The normalized spacial score (nSPS) is 14.6. The van der Waals surface area contributed by atoms with Gasteiger partial charge in [0.1, 0.15) is 0 Å². The minimum atomic E-state index is 0.651. The van der Waals surface area contributed by atoms with Crippen LogP contribution in [-0.2, 0) is 12.8 Å². The Bertz CT molecular complexity index is 607. The molecule has 0 saturated heterocycles. The smallest absolute Gasteiger partial charge is 0.151 e. The van der Waals surface area contributed by atoms with Crippen molar-refractivity contribution in [1.29, 1.82) is 0 Å². The van der Waals surface area contributed by atoms with Gasteiger partial charge in [-0.3, -0.25) is 9.78 Å². The molecule has 0 unspecified atom stereocenters. The van der Waals surface area contributed by atoms with Crippen molar-refractivity contribution in [3.8, 4) is 0 Å². The zero-order chi connectivity index (χ0) is 11.8. The molecule has 3 rings (SSSR count). The number of fused-ring (bicyclic) bond motifs is 2. The van der Waals surface area contributed by atoms with Crippen molar-refractivity contribution >= 4 is 28.8 Å². The van der Waals surface area contributed by atoms with Crippen molar-refractivity contribution in [3.63, 3.8) is 0 Å². The Labute approximate surface area is 105 Å². The molecular weight excluding hydrogens is 234 g/mol. The average Bonchev–Trinajstić information content (AvgIpc) is 2.36. The number of hydrogen-bond acceptors (Lipinski definition) is 2. The fraction of sp³-hybridized carbons (Fsp3) is 0.286. The standard InChI is InChI=1S/C14H12ClNO/c15-9-5-6-14-11(7-9)12(8-17)10-3-1-2-4-13(10)16-14/h5-8H,1-4H2. The lowest BCUT2D eigenvalue weighted by molar-refractivity contribution is 0.112. The van der Waals surface area contributed by atoms with E-state index >= 15 is 0 Å². The Balaban J connectivity index is 2.39. The summed E-state index contributed by atoms with van der Waals surface area (Å²) in [5, 5.41) is 1.53. The Morgan fingerprint density at radius 3 is 2.88 bits per heavy atom. The summed E-state index contributed by atoms with van der Waals surface area (Å²) in [6.07, 6.45) is 5.19. The Hall–Kier alpha value is -1.41. The topological polar surface area (TPSA) is 30.0 Å². The molecule has 0 aliphatic heterocycles. The molecule has 0 radical (unpaired) electrons. The molecule has 0 amide bonds. The van der Waals surface area contributed by atoms with Crippen LogP contribution in [-0.4, -0.2) is 11.3 Å². The van der Waals surface area contributed by atoms with Gasteiger partial charge in [0.15, 0.2) is 6.29 Å². The first kappa shape index (κ1) is 10.7. The SMILES string of the molecule is O=Cc1c2c(nc3ccc(Cl)cc13)CCCC2. The first-order chi connectivity index (χ1) is 8.29. The van der Waals surface area contributed by atoms with E-state index in [1.54, 1.807) is 0 Å². The Kier molecular flexibility index (Phi) is 2.60. The summed E-state index contributed by atoms with van der Waals surface area (Å²) in [4.78, 5) is 16.0. The number of aryl methyl sites for hydroxylation is 1. The number of carbonyl (C=O) groups excluding carboxylic acids is 1. The maximum absolute atomic E-state index is 11.3. The predicted molar refractivity (Wildman–Crippen MR) is 68.8 cm³/mol. The molecule has 0 bridgehead atoms. The number of benzene rings is 1. The minimum absolute atomic E-state index is 0.651. The van der Waals surface area contributed by atoms with Crippen LogP contribution in [0.25, 0.3) is 10.9 Å². The van der Waals surface area contributed by atoms with E-state index in [-0.39, 0.29) is 0 Å². The second kappa shape index (κ2) is 4.11. The summed E-state index contributed by atoms with van der Waals surface area (Å²) in [6.45, 7) is 0. The van der Waals surface area contributed by atoms with E-state index in [1.807, 2.05) is 18.2 Å². The Morgan fingerprint density at radius 1 is 1.24 bits per heavy atom. The van der Waals surface area contributed by atoms with Gasteiger partial charge in [0.25, 0.3) is 0 Å². The van der Waals surface area contributed by atoms with Crippen LogP contribution in [0.15, 0.2) is 18.2 Å². The molecule has 86 valence electrons. The molecular formula is C14H12ClNO. The number of aromatic nitrogens is 1. The zero-order valence-electron chi connectivity index (χ0n) is 9.37. The van der Waals surface area contributed by atoms with E-state index in [9.17, 15) is 4.79 Å². The molecule has 1 aliphatic carbocycles. The highest BCUT2D eigenvalue weighted by Crippen LogP contribution is 2.29. The van der Waals surface area contributed by atoms with E-state index in [2.05, 4.69) is 4.98 Å². The van der Waals surface area contributed by atoms with Gasteiger partial charge in [-0.2, -0.15) is 0 Å². The third-order valence-electron chi connectivity index (χ3n) is 3.39. The largest absolute Gasteiger partial charge is 0.298 e. The molecule has 1 aliphatic rings.